The van der Waals surface area contributed by atoms with Crippen LogP contribution in [0.1, 0.15) is 5.56 Å². The molecule has 3 aromatic rings. The number of sulfone groups is 2. The van der Waals surface area contributed by atoms with Crippen LogP contribution in [0.4, 0.5) is 0 Å². The molecule has 0 amide bonds. The van der Waals surface area contributed by atoms with Crippen LogP contribution in [-0.2, 0) is 30.8 Å². The first-order valence-corrected chi connectivity index (χ1v) is 18.2. The zero-order chi connectivity index (χ0) is 27.4. The Morgan fingerprint density at radius 1 is 0.639 bits per heavy atom. The van der Waals surface area contributed by atoms with Gasteiger partial charge in [-0.1, -0.05) is 35.9 Å². The van der Waals surface area contributed by atoms with E-state index in [4.69, 9.17) is 4.18 Å². The Kier molecular flexibility index (Phi) is 11.9. The summed E-state index contributed by atoms with van der Waals surface area (Å²) < 4.78 is 62.6. The highest BCUT2D eigenvalue weighted by Crippen LogP contribution is 2.44. The van der Waals surface area contributed by atoms with Crippen LogP contribution in [0, 0.1) is 6.92 Å². The summed E-state index contributed by atoms with van der Waals surface area (Å²) in [7, 11) is -7.10. The van der Waals surface area contributed by atoms with Gasteiger partial charge in [0.25, 0.3) is 0 Å². The van der Waals surface area contributed by atoms with Crippen molar-refractivity contribution < 1.29 is 25.2 Å². The van der Waals surface area contributed by atoms with Crippen molar-refractivity contribution in [2.45, 2.75) is 24.6 Å². The van der Waals surface area contributed by atoms with Gasteiger partial charge in [0.15, 0.2) is 0 Å². The third-order valence-corrected chi connectivity index (χ3v) is 15.9. The zero-order valence-corrected chi connectivity index (χ0v) is 29.9. The van der Waals surface area contributed by atoms with Gasteiger partial charge < -0.3 is 4.18 Å². The van der Waals surface area contributed by atoms with E-state index in [0.29, 0.717) is 10.6 Å². The van der Waals surface area contributed by atoms with E-state index < -0.39 is 33.7 Å². The molecule has 0 aromatic heterocycles. The summed E-state index contributed by atoms with van der Waals surface area (Å²) >= 11 is 16.3. The van der Waals surface area contributed by atoms with Gasteiger partial charge in [-0.25, -0.2) is 21.0 Å². The minimum Gasteiger partial charge on any atom is -0.397 e. The van der Waals surface area contributed by atoms with E-state index in [1.54, 1.807) is 48.5 Å². The fraction of sp³-hybridized carbons (Fsp3) is 0.143. The Morgan fingerprint density at radius 2 is 1.03 bits per heavy atom. The van der Waals surface area contributed by atoms with Crippen LogP contribution >= 0.6 is 95.6 Å². The van der Waals surface area contributed by atoms with Crippen molar-refractivity contribution in [3.63, 3.8) is 0 Å². The van der Waals surface area contributed by atoms with Gasteiger partial charge in [0.05, 0.1) is 14.7 Å². The van der Waals surface area contributed by atoms with Crippen molar-refractivity contribution in [3.8, 4) is 5.75 Å². The molecule has 15 heteroatoms. The zero-order valence-electron chi connectivity index (χ0n) is 17.9. The Balaban J connectivity index is 0.000000281. The summed E-state index contributed by atoms with van der Waals surface area (Å²) in [6, 6.07) is 21.0. The largest absolute Gasteiger partial charge is 0.397 e. The number of rotatable bonds is 5. The standard InChI is InChI=1S/C13H9Br3O4S2.C8H7Br3O2S/c14-13(15,16)22(18,19)12-8-6-10(7-9-12)20-21(17)11-4-2-1-3-5-11;1-6-2-4-7(5-3-6)14(12,13)8(9,10)11/h1-9H;2-5H,1H3. The van der Waals surface area contributed by atoms with Gasteiger partial charge in [0, 0.05) is 0 Å². The molecule has 0 bridgehead atoms. The lowest BCUT2D eigenvalue weighted by atomic mass is 10.2. The summed E-state index contributed by atoms with van der Waals surface area (Å²) in [6.07, 6.45) is 0. The van der Waals surface area contributed by atoms with E-state index in [9.17, 15) is 21.0 Å². The molecule has 36 heavy (non-hydrogen) atoms. The van der Waals surface area contributed by atoms with Crippen molar-refractivity contribution in [2.75, 3.05) is 0 Å². The molecule has 0 heterocycles. The Bertz CT molecular complexity index is 1400. The molecule has 1 atom stereocenters. The van der Waals surface area contributed by atoms with Gasteiger partial charge in [-0.2, -0.15) is 0 Å². The Labute approximate surface area is 263 Å². The molecule has 1 unspecified atom stereocenters. The van der Waals surface area contributed by atoms with Crippen molar-refractivity contribution in [1.82, 2.24) is 0 Å². The molecular weight excluding hydrogens is 924 g/mol. The molecule has 0 spiro atoms. The summed E-state index contributed by atoms with van der Waals surface area (Å²) in [6.45, 7) is 1.90. The van der Waals surface area contributed by atoms with Crippen LogP contribution in [-0.4, -0.2) is 24.0 Å². The third-order valence-electron chi connectivity index (χ3n) is 4.18. The van der Waals surface area contributed by atoms with Crippen molar-refractivity contribution in [3.05, 3.63) is 84.4 Å². The molecule has 0 aliphatic heterocycles. The smallest absolute Gasteiger partial charge is 0.240 e. The lowest BCUT2D eigenvalue weighted by Crippen LogP contribution is -2.17. The monoisotopic (exact) mass is 934 g/mol. The van der Waals surface area contributed by atoms with Crippen LogP contribution < -0.4 is 4.18 Å². The first-order chi connectivity index (χ1) is 16.5. The van der Waals surface area contributed by atoms with Crippen molar-refractivity contribution in [1.29, 1.82) is 0 Å². The second kappa shape index (κ2) is 13.2. The highest BCUT2D eigenvalue weighted by molar-refractivity contribution is 9.42. The van der Waals surface area contributed by atoms with Crippen molar-refractivity contribution in [2.24, 2.45) is 0 Å². The van der Waals surface area contributed by atoms with Gasteiger partial charge in [-0.15, -0.1) is 0 Å². The SMILES string of the molecule is Cc1ccc(S(=O)(=O)C(Br)(Br)Br)cc1.O=S(Oc1ccc(S(=O)(=O)C(Br)(Br)Br)cc1)c1ccccc1. The van der Waals surface area contributed by atoms with Gasteiger partial charge in [-0.05, 0) is 151 Å². The topological polar surface area (TPSA) is 94.6 Å². The van der Waals surface area contributed by atoms with E-state index in [1.807, 2.05) is 13.0 Å². The second-order valence-electron chi connectivity index (χ2n) is 6.81. The molecule has 0 radical (unpaired) electrons. The minimum absolute atomic E-state index is 0.0796. The number of hydrogen-bond acceptors (Lipinski definition) is 6. The summed E-state index contributed by atoms with van der Waals surface area (Å²) in [5, 5.41) is 0. The third kappa shape index (κ3) is 8.70. The molecule has 0 N–H and O–H groups in total. The summed E-state index contributed by atoms with van der Waals surface area (Å²) in [5.41, 5.74) is 1.02. The molecule has 196 valence electrons. The summed E-state index contributed by atoms with van der Waals surface area (Å²) in [5.74, 6) is 0.311. The second-order valence-corrected chi connectivity index (χ2v) is 28.8. The molecular formula is C21H16Br6O6S3. The normalized spacial score (nSPS) is 13.3. The maximum absolute atomic E-state index is 12.2. The van der Waals surface area contributed by atoms with E-state index in [2.05, 4.69) is 95.6 Å². The fourth-order valence-electron chi connectivity index (χ4n) is 2.33. The maximum Gasteiger partial charge on any atom is 0.240 e. The molecule has 0 aliphatic rings. The first-order valence-electron chi connectivity index (χ1n) is 9.41. The maximum atomic E-state index is 12.2. The van der Waals surface area contributed by atoms with Gasteiger partial charge in [-0.3, -0.25) is 0 Å². The highest BCUT2D eigenvalue weighted by Gasteiger charge is 2.38. The van der Waals surface area contributed by atoms with Crippen molar-refractivity contribution >= 4 is 126 Å². The number of hydrogen-bond donors (Lipinski definition) is 0. The quantitative estimate of drug-likeness (QED) is 0.242. The molecule has 0 saturated carbocycles. The average molecular weight is 940 g/mol. The van der Waals surface area contributed by atoms with E-state index in [1.165, 1.54) is 24.3 Å². The number of alkyl halides is 6. The van der Waals surface area contributed by atoms with Crippen LogP contribution in [0.5, 0.6) is 5.75 Å². The molecule has 0 saturated heterocycles. The number of aryl methyl sites for hydroxylation is 1. The Morgan fingerprint density at radius 3 is 1.42 bits per heavy atom. The van der Waals surface area contributed by atoms with Crippen LogP contribution in [0.2, 0.25) is 0 Å². The van der Waals surface area contributed by atoms with Gasteiger partial charge in [0.2, 0.25) is 33.7 Å². The molecule has 3 aromatic carbocycles. The van der Waals surface area contributed by atoms with E-state index >= 15 is 0 Å². The van der Waals surface area contributed by atoms with Crippen LogP contribution in [0.25, 0.3) is 0 Å². The van der Waals surface area contributed by atoms with Gasteiger partial charge >= 0.3 is 0 Å². The molecule has 3 rings (SSSR count). The average Bonchev–Trinajstić information content (AvgIpc) is 2.79. The van der Waals surface area contributed by atoms with Crippen LogP contribution in [0.15, 0.2) is 93.5 Å². The molecule has 0 fully saturated rings. The lowest BCUT2D eigenvalue weighted by molar-refractivity contribution is 0.561. The highest BCUT2D eigenvalue weighted by atomic mass is 80.0. The molecule has 6 nitrogen and oxygen atoms in total. The summed E-state index contributed by atoms with van der Waals surface area (Å²) in [4.78, 5) is 0.865. The minimum atomic E-state index is -3.66. The molecule has 0 aliphatic carbocycles. The van der Waals surface area contributed by atoms with Crippen LogP contribution in [0.3, 0.4) is 0 Å². The first kappa shape index (κ1) is 32.6. The van der Waals surface area contributed by atoms with Gasteiger partial charge in [0.1, 0.15) is 5.75 Å². The predicted molar refractivity (Wildman–Crippen MR) is 164 cm³/mol. The van der Waals surface area contributed by atoms with E-state index in [-0.39, 0.29) is 9.79 Å². The number of halogens is 6. The Hall–Kier alpha value is 0.390. The van der Waals surface area contributed by atoms with E-state index in [0.717, 1.165) is 5.56 Å². The predicted octanol–water partition coefficient (Wildman–Crippen LogP) is 7.92. The number of benzene rings is 3. The fourth-order valence-corrected chi connectivity index (χ4v) is 7.98. The lowest BCUT2D eigenvalue weighted by Gasteiger charge is -2.13.